The first-order valence-corrected chi connectivity index (χ1v) is 13.7. The maximum absolute atomic E-state index is 14.9. The number of nitrogens with one attached hydrogen (secondary N) is 2. The lowest BCUT2D eigenvalue weighted by molar-refractivity contribution is -0.139. The summed E-state index contributed by atoms with van der Waals surface area (Å²) in [5.74, 6) is -1.34. The number of carbonyl (C=O) groups is 1. The average Bonchev–Trinajstić information content (AvgIpc) is 3.27. The molecule has 200 valence electrons. The molecule has 0 radical (unpaired) electrons. The van der Waals surface area contributed by atoms with Crippen LogP contribution in [0.4, 0.5) is 10.1 Å². The largest absolute Gasteiger partial charge is 0.469 e. The molecule has 0 saturated heterocycles. The van der Waals surface area contributed by atoms with E-state index in [9.17, 15) is 17.6 Å². The second kappa shape index (κ2) is 10.5. The molecule has 7 nitrogen and oxygen atoms in total. The van der Waals surface area contributed by atoms with Crippen LogP contribution in [0.1, 0.15) is 32.0 Å². The Balaban J connectivity index is 1.81. The predicted molar refractivity (Wildman–Crippen MR) is 146 cm³/mol. The van der Waals surface area contributed by atoms with E-state index in [2.05, 4.69) is 14.4 Å². The highest BCUT2D eigenvalue weighted by atomic mass is 35.5. The number of ether oxygens (including phenoxy) is 2. The average molecular weight is 579 g/mol. The number of aromatic amines is 1. The van der Waals surface area contributed by atoms with Crippen molar-refractivity contribution in [2.45, 2.75) is 37.5 Å². The molecule has 38 heavy (non-hydrogen) atoms. The maximum Gasteiger partial charge on any atom is 0.309 e. The zero-order valence-electron chi connectivity index (χ0n) is 21.0. The number of carbonyl (C=O) groups excluding carboxylic acids is 1. The number of anilines is 1. The second-order valence-electron chi connectivity index (χ2n) is 9.63. The van der Waals surface area contributed by atoms with Crippen LogP contribution >= 0.6 is 23.2 Å². The van der Waals surface area contributed by atoms with Crippen molar-refractivity contribution >= 4 is 55.8 Å². The van der Waals surface area contributed by atoms with Crippen molar-refractivity contribution in [1.29, 1.82) is 0 Å². The van der Waals surface area contributed by atoms with Crippen molar-refractivity contribution in [3.05, 3.63) is 81.7 Å². The fourth-order valence-corrected chi connectivity index (χ4v) is 5.62. The SMILES string of the molecule is COC(=O)Cc1ccc(Oc2ccc3[nH]c(C(C)(C)C)cc3c2NS(=O)(=O)c2ccc(Cl)cc2Cl)c(F)c1. The molecular weight excluding hydrogens is 554 g/mol. The first kappa shape index (κ1) is 27.8. The Morgan fingerprint density at radius 2 is 1.74 bits per heavy atom. The summed E-state index contributed by atoms with van der Waals surface area (Å²) in [7, 11) is -2.96. The molecule has 4 rings (SSSR count). The molecule has 0 aliphatic rings. The van der Waals surface area contributed by atoms with Gasteiger partial charge in [-0.05, 0) is 54.1 Å². The molecule has 0 saturated carbocycles. The van der Waals surface area contributed by atoms with Gasteiger partial charge in [-0.25, -0.2) is 12.8 Å². The number of esters is 1. The van der Waals surface area contributed by atoms with Gasteiger partial charge in [0.05, 0.1) is 18.6 Å². The topological polar surface area (TPSA) is 97.5 Å². The first-order valence-electron chi connectivity index (χ1n) is 11.5. The second-order valence-corrected chi connectivity index (χ2v) is 12.1. The highest BCUT2D eigenvalue weighted by Gasteiger charge is 2.25. The number of fused-ring (bicyclic) bond motifs is 1. The number of hydrogen-bond acceptors (Lipinski definition) is 5. The molecule has 4 aromatic rings. The van der Waals surface area contributed by atoms with E-state index in [1.807, 2.05) is 26.8 Å². The lowest BCUT2D eigenvalue weighted by Gasteiger charge is -2.16. The Hall–Kier alpha value is -3.27. The van der Waals surface area contributed by atoms with Crippen molar-refractivity contribution in [2.75, 3.05) is 11.8 Å². The van der Waals surface area contributed by atoms with E-state index in [4.69, 9.17) is 27.9 Å². The zero-order valence-corrected chi connectivity index (χ0v) is 23.3. The van der Waals surface area contributed by atoms with E-state index < -0.39 is 21.8 Å². The minimum absolute atomic E-state index is 0.0590. The quantitative estimate of drug-likeness (QED) is 0.225. The molecule has 0 unspecified atom stereocenters. The van der Waals surface area contributed by atoms with Gasteiger partial charge in [-0.1, -0.05) is 50.0 Å². The number of halogens is 3. The lowest BCUT2D eigenvalue weighted by atomic mass is 9.92. The van der Waals surface area contributed by atoms with Gasteiger partial charge in [-0.15, -0.1) is 0 Å². The van der Waals surface area contributed by atoms with Gasteiger partial charge in [-0.2, -0.15) is 0 Å². The molecule has 2 N–H and O–H groups in total. The van der Waals surface area contributed by atoms with Gasteiger partial charge in [0, 0.05) is 27.0 Å². The number of methoxy groups -OCH3 is 1. The lowest BCUT2D eigenvalue weighted by Crippen LogP contribution is -2.14. The number of benzene rings is 3. The maximum atomic E-state index is 14.9. The Morgan fingerprint density at radius 3 is 2.37 bits per heavy atom. The van der Waals surface area contributed by atoms with Gasteiger partial charge in [-0.3, -0.25) is 9.52 Å². The van der Waals surface area contributed by atoms with Crippen LogP contribution in [0.3, 0.4) is 0 Å². The molecular formula is C27H25Cl2FN2O5S. The van der Waals surface area contributed by atoms with Crippen molar-refractivity contribution in [3.8, 4) is 11.5 Å². The predicted octanol–water partition coefficient (Wildman–Crippen LogP) is 7.22. The molecule has 0 atom stereocenters. The molecule has 11 heteroatoms. The molecule has 1 aromatic heterocycles. The Labute approximate surface area is 229 Å². The van der Waals surface area contributed by atoms with Gasteiger partial charge in [0.1, 0.15) is 10.6 Å². The van der Waals surface area contributed by atoms with Crippen molar-refractivity contribution in [1.82, 2.24) is 4.98 Å². The van der Waals surface area contributed by atoms with Crippen LogP contribution in [0.15, 0.2) is 59.5 Å². The monoisotopic (exact) mass is 578 g/mol. The summed E-state index contributed by atoms with van der Waals surface area (Å²) in [6.45, 7) is 6.03. The molecule has 0 aliphatic heterocycles. The smallest absolute Gasteiger partial charge is 0.309 e. The highest BCUT2D eigenvalue weighted by Crippen LogP contribution is 2.40. The number of aromatic nitrogens is 1. The summed E-state index contributed by atoms with van der Waals surface area (Å²) >= 11 is 12.1. The summed E-state index contributed by atoms with van der Waals surface area (Å²) in [6.07, 6.45) is -0.106. The van der Waals surface area contributed by atoms with Crippen molar-refractivity contribution in [3.63, 3.8) is 0 Å². The van der Waals surface area contributed by atoms with Crippen LogP contribution in [-0.2, 0) is 31.4 Å². The third-order valence-corrected chi connectivity index (χ3v) is 7.85. The Bertz CT molecular complexity index is 1650. The highest BCUT2D eigenvalue weighted by molar-refractivity contribution is 7.92. The number of hydrogen-bond donors (Lipinski definition) is 2. The Kier molecular flexibility index (Phi) is 7.65. The van der Waals surface area contributed by atoms with Gasteiger partial charge < -0.3 is 14.5 Å². The fourth-order valence-electron chi connectivity index (χ4n) is 3.76. The molecule has 0 amide bonds. The van der Waals surface area contributed by atoms with Crippen LogP contribution in [0, 0.1) is 5.82 Å². The Morgan fingerprint density at radius 1 is 1.03 bits per heavy atom. The summed E-state index contributed by atoms with van der Waals surface area (Å²) in [4.78, 5) is 14.7. The summed E-state index contributed by atoms with van der Waals surface area (Å²) in [5, 5.41) is 0.742. The minimum Gasteiger partial charge on any atom is -0.469 e. The first-order chi connectivity index (χ1) is 17.8. The van der Waals surface area contributed by atoms with E-state index in [0.717, 1.165) is 11.8 Å². The third kappa shape index (κ3) is 5.90. The van der Waals surface area contributed by atoms with E-state index in [1.54, 1.807) is 6.07 Å². The van der Waals surface area contributed by atoms with Crippen LogP contribution in [0.25, 0.3) is 10.9 Å². The summed E-state index contributed by atoms with van der Waals surface area (Å²) in [6, 6.07) is 13.2. The minimum atomic E-state index is -4.21. The van der Waals surface area contributed by atoms with Crippen LogP contribution in [0.5, 0.6) is 11.5 Å². The fraction of sp³-hybridized carbons (Fsp3) is 0.222. The van der Waals surface area contributed by atoms with E-state index >= 15 is 0 Å². The number of rotatable bonds is 7. The number of H-pyrrole nitrogens is 1. The molecule has 0 aliphatic carbocycles. The molecule has 1 heterocycles. The van der Waals surface area contributed by atoms with Crippen LogP contribution in [0.2, 0.25) is 10.0 Å². The van der Waals surface area contributed by atoms with Gasteiger partial charge in [0.25, 0.3) is 10.0 Å². The van der Waals surface area contributed by atoms with Gasteiger partial charge in [0.2, 0.25) is 0 Å². The van der Waals surface area contributed by atoms with E-state index in [0.29, 0.717) is 16.5 Å². The van der Waals surface area contributed by atoms with Crippen LogP contribution < -0.4 is 9.46 Å². The molecule has 3 aromatic carbocycles. The van der Waals surface area contributed by atoms with E-state index in [-0.39, 0.29) is 44.0 Å². The summed E-state index contributed by atoms with van der Waals surface area (Å²) < 4.78 is 54.8. The molecule has 0 bridgehead atoms. The summed E-state index contributed by atoms with van der Waals surface area (Å²) in [5.41, 5.74) is 1.73. The molecule has 0 fully saturated rings. The number of sulfonamides is 1. The van der Waals surface area contributed by atoms with Crippen LogP contribution in [-0.4, -0.2) is 26.5 Å². The van der Waals surface area contributed by atoms with Gasteiger partial charge in [0.15, 0.2) is 17.3 Å². The standard InChI is InChI=1S/C27H25Cl2FN2O5S/c1-27(2,3)24-14-17-20(31-24)7-9-22(37-21-8-5-15(11-19(21)30)12-25(33)36-4)26(17)32-38(34,35)23-10-6-16(28)13-18(23)29/h5-11,13-14,31-32H,12H2,1-4H3. The van der Waals surface area contributed by atoms with E-state index in [1.165, 1.54) is 43.5 Å². The van der Waals surface area contributed by atoms with Crippen molar-refractivity contribution in [2.24, 2.45) is 0 Å². The normalized spacial score (nSPS) is 12.0. The van der Waals surface area contributed by atoms with Gasteiger partial charge >= 0.3 is 5.97 Å². The molecule has 0 spiro atoms. The van der Waals surface area contributed by atoms with Crippen molar-refractivity contribution < 1.29 is 27.1 Å². The zero-order chi connectivity index (χ0) is 27.8. The third-order valence-electron chi connectivity index (χ3n) is 5.79.